The Morgan fingerprint density at radius 1 is 1.35 bits per heavy atom. The molecule has 1 aliphatic rings. The van der Waals surface area contributed by atoms with Gasteiger partial charge < -0.3 is 15.1 Å². The highest BCUT2D eigenvalue weighted by Gasteiger charge is 2.24. The predicted molar refractivity (Wildman–Crippen MR) is 65.4 cm³/mol. The van der Waals surface area contributed by atoms with Gasteiger partial charge in [-0.25, -0.2) is 4.79 Å². The summed E-state index contributed by atoms with van der Waals surface area (Å²) in [5.74, 6) is -0.651. The van der Waals surface area contributed by atoms with Crippen molar-refractivity contribution in [2.45, 2.75) is 19.4 Å². The molecule has 4 heteroatoms. The third-order valence-electron chi connectivity index (χ3n) is 3.34. The van der Waals surface area contributed by atoms with Gasteiger partial charge in [0, 0.05) is 18.8 Å². The van der Waals surface area contributed by atoms with Crippen molar-refractivity contribution in [3.63, 3.8) is 0 Å². The number of rotatable bonds is 2. The summed E-state index contributed by atoms with van der Waals surface area (Å²) in [6.07, 6.45) is 0.548. The zero-order chi connectivity index (χ0) is 12.4. The Bertz CT molecular complexity index is 402. The standard InChI is InChI=1S/C13H17NO3/c1-9-8-14(7-6-12(9)15)11-4-2-10(3-5-11)13(16)17/h2-5,9,12,15H,6-8H2,1H3,(H,16,17)/t9-,12+/m0/s1. The summed E-state index contributed by atoms with van der Waals surface area (Å²) in [6, 6.07) is 6.89. The molecule has 1 aromatic rings. The van der Waals surface area contributed by atoms with Gasteiger partial charge in [-0.15, -0.1) is 0 Å². The SMILES string of the molecule is C[C@H]1CN(c2ccc(C(=O)O)cc2)CC[C@H]1O. The van der Waals surface area contributed by atoms with Crippen molar-refractivity contribution < 1.29 is 15.0 Å². The molecule has 1 aliphatic heterocycles. The van der Waals surface area contributed by atoms with E-state index >= 15 is 0 Å². The minimum absolute atomic E-state index is 0.218. The second-order valence-corrected chi connectivity index (χ2v) is 4.63. The summed E-state index contributed by atoms with van der Waals surface area (Å²) in [7, 11) is 0. The third-order valence-corrected chi connectivity index (χ3v) is 3.34. The van der Waals surface area contributed by atoms with Gasteiger partial charge in [0.25, 0.3) is 0 Å². The zero-order valence-electron chi connectivity index (χ0n) is 9.84. The minimum atomic E-state index is -0.904. The van der Waals surface area contributed by atoms with E-state index in [4.69, 9.17) is 5.11 Å². The van der Waals surface area contributed by atoms with Gasteiger partial charge in [0.15, 0.2) is 0 Å². The van der Waals surface area contributed by atoms with E-state index in [0.717, 1.165) is 25.2 Å². The minimum Gasteiger partial charge on any atom is -0.478 e. The molecule has 0 aromatic heterocycles. The molecule has 0 bridgehead atoms. The van der Waals surface area contributed by atoms with Crippen LogP contribution >= 0.6 is 0 Å². The number of aliphatic hydroxyl groups is 1. The van der Waals surface area contributed by atoms with E-state index in [0.29, 0.717) is 5.56 Å². The summed E-state index contributed by atoms with van der Waals surface area (Å²) in [5, 5.41) is 18.5. The monoisotopic (exact) mass is 235 g/mol. The van der Waals surface area contributed by atoms with E-state index in [2.05, 4.69) is 4.90 Å². The first-order valence-electron chi connectivity index (χ1n) is 5.84. The maximum absolute atomic E-state index is 10.7. The molecular formula is C13H17NO3. The van der Waals surface area contributed by atoms with Gasteiger partial charge in [-0.2, -0.15) is 0 Å². The first-order valence-corrected chi connectivity index (χ1v) is 5.84. The summed E-state index contributed by atoms with van der Waals surface area (Å²) in [6.45, 7) is 3.66. The number of carbonyl (C=O) groups is 1. The van der Waals surface area contributed by atoms with Crippen LogP contribution in [0.25, 0.3) is 0 Å². The molecule has 0 saturated carbocycles. The van der Waals surface area contributed by atoms with E-state index in [1.165, 1.54) is 0 Å². The van der Waals surface area contributed by atoms with Crippen molar-refractivity contribution in [2.75, 3.05) is 18.0 Å². The van der Waals surface area contributed by atoms with Gasteiger partial charge in [-0.3, -0.25) is 0 Å². The Morgan fingerprint density at radius 3 is 2.53 bits per heavy atom. The van der Waals surface area contributed by atoms with Crippen molar-refractivity contribution >= 4 is 11.7 Å². The molecule has 0 radical (unpaired) electrons. The van der Waals surface area contributed by atoms with Crippen LogP contribution in [0, 0.1) is 5.92 Å². The lowest BCUT2D eigenvalue weighted by molar-refractivity contribution is 0.0697. The topological polar surface area (TPSA) is 60.8 Å². The van der Waals surface area contributed by atoms with E-state index in [1.807, 2.05) is 19.1 Å². The third kappa shape index (κ3) is 2.58. The summed E-state index contributed by atoms with van der Waals surface area (Å²) in [4.78, 5) is 12.9. The van der Waals surface area contributed by atoms with Crippen molar-refractivity contribution in [3.8, 4) is 0 Å². The molecule has 0 amide bonds. The average Bonchev–Trinajstić information content (AvgIpc) is 2.33. The number of aromatic carboxylic acids is 1. The molecule has 2 rings (SSSR count). The maximum atomic E-state index is 10.7. The number of benzene rings is 1. The Hall–Kier alpha value is -1.55. The van der Waals surface area contributed by atoms with Crippen molar-refractivity contribution in [1.82, 2.24) is 0 Å². The Kier molecular flexibility index (Phi) is 3.33. The van der Waals surface area contributed by atoms with Crippen LogP contribution in [0.4, 0.5) is 5.69 Å². The fourth-order valence-electron chi connectivity index (χ4n) is 2.18. The zero-order valence-corrected chi connectivity index (χ0v) is 9.84. The van der Waals surface area contributed by atoms with Crippen LogP contribution in [0.3, 0.4) is 0 Å². The molecule has 17 heavy (non-hydrogen) atoms. The fraction of sp³-hybridized carbons (Fsp3) is 0.462. The first-order chi connectivity index (χ1) is 8.08. The summed E-state index contributed by atoms with van der Waals surface area (Å²) >= 11 is 0. The highest BCUT2D eigenvalue weighted by Crippen LogP contribution is 2.23. The molecule has 1 fully saturated rings. The van der Waals surface area contributed by atoms with Crippen LogP contribution in [-0.2, 0) is 0 Å². The van der Waals surface area contributed by atoms with Gasteiger partial charge in [0.1, 0.15) is 0 Å². The number of carboxylic acid groups (broad SMARTS) is 1. The smallest absolute Gasteiger partial charge is 0.335 e. The van der Waals surface area contributed by atoms with Gasteiger partial charge in [0.05, 0.1) is 11.7 Å². The van der Waals surface area contributed by atoms with Gasteiger partial charge in [-0.05, 0) is 36.6 Å². The molecule has 2 N–H and O–H groups in total. The number of aliphatic hydroxyl groups excluding tert-OH is 1. The number of hydrogen-bond acceptors (Lipinski definition) is 3. The fourth-order valence-corrected chi connectivity index (χ4v) is 2.18. The van der Waals surface area contributed by atoms with E-state index in [1.54, 1.807) is 12.1 Å². The Morgan fingerprint density at radius 2 is 2.00 bits per heavy atom. The molecule has 4 nitrogen and oxygen atoms in total. The largest absolute Gasteiger partial charge is 0.478 e. The van der Waals surface area contributed by atoms with Crippen LogP contribution in [-0.4, -0.2) is 35.4 Å². The van der Waals surface area contributed by atoms with Crippen molar-refractivity contribution in [3.05, 3.63) is 29.8 Å². The second-order valence-electron chi connectivity index (χ2n) is 4.63. The second kappa shape index (κ2) is 4.75. The highest BCUT2D eigenvalue weighted by molar-refractivity contribution is 5.88. The molecule has 0 aliphatic carbocycles. The number of anilines is 1. The lowest BCUT2D eigenvalue weighted by atomic mass is 9.96. The molecule has 1 heterocycles. The van der Waals surface area contributed by atoms with Crippen LogP contribution in [0.1, 0.15) is 23.7 Å². The van der Waals surface area contributed by atoms with Crippen LogP contribution in [0.2, 0.25) is 0 Å². The number of nitrogens with zero attached hydrogens (tertiary/aromatic N) is 1. The number of piperidine rings is 1. The molecule has 1 saturated heterocycles. The maximum Gasteiger partial charge on any atom is 0.335 e. The Balaban J connectivity index is 2.10. The lowest BCUT2D eigenvalue weighted by Crippen LogP contribution is -2.41. The number of hydrogen-bond donors (Lipinski definition) is 2. The molecular weight excluding hydrogens is 218 g/mol. The predicted octanol–water partition coefficient (Wildman–Crippen LogP) is 1.59. The molecule has 1 aromatic carbocycles. The van der Waals surface area contributed by atoms with Crippen LogP contribution in [0.5, 0.6) is 0 Å². The van der Waals surface area contributed by atoms with Gasteiger partial charge in [0.2, 0.25) is 0 Å². The van der Waals surface area contributed by atoms with Crippen molar-refractivity contribution in [2.24, 2.45) is 5.92 Å². The van der Waals surface area contributed by atoms with E-state index in [-0.39, 0.29) is 12.0 Å². The first kappa shape index (κ1) is 11.9. The normalized spacial score (nSPS) is 24.7. The van der Waals surface area contributed by atoms with Gasteiger partial charge in [-0.1, -0.05) is 6.92 Å². The molecule has 92 valence electrons. The van der Waals surface area contributed by atoms with Crippen LogP contribution in [0.15, 0.2) is 24.3 Å². The molecule has 0 spiro atoms. The highest BCUT2D eigenvalue weighted by atomic mass is 16.4. The quantitative estimate of drug-likeness (QED) is 0.817. The van der Waals surface area contributed by atoms with E-state index < -0.39 is 5.97 Å². The summed E-state index contributed by atoms with van der Waals surface area (Å²) < 4.78 is 0. The average molecular weight is 235 g/mol. The summed E-state index contributed by atoms with van der Waals surface area (Å²) in [5.41, 5.74) is 1.33. The number of carboxylic acids is 1. The van der Waals surface area contributed by atoms with E-state index in [9.17, 15) is 9.90 Å². The lowest BCUT2D eigenvalue weighted by Gasteiger charge is -2.36. The van der Waals surface area contributed by atoms with Crippen molar-refractivity contribution in [1.29, 1.82) is 0 Å². The molecule has 2 atom stereocenters. The van der Waals surface area contributed by atoms with Gasteiger partial charge >= 0.3 is 5.97 Å². The Labute approximate surface area is 100 Å². The molecule has 0 unspecified atom stereocenters. The van der Waals surface area contributed by atoms with Crippen LogP contribution < -0.4 is 4.90 Å².